The van der Waals surface area contributed by atoms with Crippen molar-refractivity contribution in [1.29, 1.82) is 0 Å². The smallest absolute Gasteiger partial charge is 0.410 e. The second kappa shape index (κ2) is 7.10. The number of hydrogen-bond acceptors (Lipinski definition) is 6. The van der Waals surface area contributed by atoms with Crippen LogP contribution in [0.3, 0.4) is 0 Å². The van der Waals surface area contributed by atoms with Crippen molar-refractivity contribution in [2.75, 3.05) is 26.8 Å². The van der Waals surface area contributed by atoms with Crippen LogP contribution in [0.1, 0.15) is 22.5 Å². The molecule has 9 heteroatoms. The first-order valence-electron chi connectivity index (χ1n) is 7.58. The van der Waals surface area contributed by atoms with E-state index < -0.39 is 18.1 Å². The third kappa shape index (κ3) is 3.14. The molecule has 0 saturated carbocycles. The van der Waals surface area contributed by atoms with E-state index in [2.05, 4.69) is 15.9 Å². The molecular formula is C15H17BrN2O5S. The van der Waals surface area contributed by atoms with E-state index in [1.807, 2.05) is 11.4 Å². The van der Waals surface area contributed by atoms with Crippen LogP contribution in [0.2, 0.25) is 0 Å². The lowest BCUT2D eigenvalue weighted by Crippen LogP contribution is -2.51. The minimum absolute atomic E-state index is 0.0103. The number of methoxy groups -OCH3 is 1. The van der Waals surface area contributed by atoms with Crippen LogP contribution in [0.15, 0.2) is 15.9 Å². The highest BCUT2D eigenvalue weighted by Crippen LogP contribution is 2.28. The largest absolute Gasteiger partial charge is 0.467 e. The SMILES string of the molecule is COC(=O)[C@@H]1COC(=O)N1C1CCN(C(=O)c2sccc2Br)CC1. The Morgan fingerprint density at radius 2 is 2.08 bits per heavy atom. The molecule has 24 heavy (non-hydrogen) atoms. The molecule has 2 aliphatic rings. The Morgan fingerprint density at radius 1 is 1.38 bits per heavy atom. The van der Waals surface area contributed by atoms with Crippen molar-refractivity contribution in [3.8, 4) is 0 Å². The second-order valence-corrected chi connectivity index (χ2v) is 7.41. The fourth-order valence-corrected chi connectivity index (χ4v) is 4.60. The van der Waals surface area contributed by atoms with Gasteiger partial charge in [-0.05, 0) is 40.2 Å². The zero-order valence-corrected chi connectivity index (χ0v) is 15.5. The monoisotopic (exact) mass is 416 g/mol. The first-order chi connectivity index (χ1) is 11.5. The summed E-state index contributed by atoms with van der Waals surface area (Å²) in [5, 5.41) is 1.87. The van der Waals surface area contributed by atoms with E-state index in [1.54, 1.807) is 4.90 Å². The Bertz CT molecular complexity index is 656. The first kappa shape index (κ1) is 17.2. The van der Waals surface area contributed by atoms with E-state index in [4.69, 9.17) is 9.47 Å². The fourth-order valence-electron chi connectivity index (χ4n) is 3.09. The predicted octanol–water partition coefficient (Wildman–Crippen LogP) is 2.11. The molecule has 3 heterocycles. The van der Waals surface area contributed by atoms with Crippen LogP contribution in [-0.4, -0.2) is 66.7 Å². The van der Waals surface area contributed by atoms with E-state index in [1.165, 1.54) is 23.3 Å². The molecule has 1 aromatic rings. The number of halogens is 1. The van der Waals surface area contributed by atoms with Gasteiger partial charge in [0.25, 0.3) is 5.91 Å². The highest BCUT2D eigenvalue weighted by molar-refractivity contribution is 9.10. The van der Waals surface area contributed by atoms with Crippen LogP contribution in [0.5, 0.6) is 0 Å². The minimum Gasteiger partial charge on any atom is -0.467 e. The number of likely N-dealkylation sites (tertiary alicyclic amines) is 1. The summed E-state index contributed by atoms with van der Waals surface area (Å²) in [5.74, 6) is -0.481. The Morgan fingerprint density at radius 3 is 2.67 bits per heavy atom. The highest BCUT2D eigenvalue weighted by Gasteiger charge is 2.44. The summed E-state index contributed by atoms with van der Waals surface area (Å²) in [4.78, 5) is 40.2. The molecule has 0 spiro atoms. The zero-order chi connectivity index (χ0) is 17.3. The first-order valence-corrected chi connectivity index (χ1v) is 9.25. The van der Waals surface area contributed by atoms with Crippen molar-refractivity contribution in [2.24, 2.45) is 0 Å². The van der Waals surface area contributed by atoms with E-state index >= 15 is 0 Å². The summed E-state index contributed by atoms with van der Waals surface area (Å²) < 4.78 is 10.5. The summed E-state index contributed by atoms with van der Waals surface area (Å²) >= 11 is 4.78. The summed E-state index contributed by atoms with van der Waals surface area (Å²) in [7, 11) is 1.30. The van der Waals surface area contributed by atoms with Crippen molar-refractivity contribution >= 4 is 45.2 Å². The van der Waals surface area contributed by atoms with Gasteiger partial charge in [-0.15, -0.1) is 11.3 Å². The van der Waals surface area contributed by atoms with Crippen LogP contribution in [0.4, 0.5) is 4.79 Å². The normalized spacial score (nSPS) is 21.8. The fraction of sp³-hybridized carbons (Fsp3) is 0.533. The number of amides is 2. The molecule has 1 aromatic heterocycles. The molecular weight excluding hydrogens is 400 g/mol. The Hall–Kier alpha value is -1.61. The molecule has 0 radical (unpaired) electrons. The minimum atomic E-state index is -0.693. The average Bonchev–Trinajstić information content (AvgIpc) is 3.19. The van der Waals surface area contributed by atoms with Gasteiger partial charge in [0, 0.05) is 23.6 Å². The van der Waals surface area contributed by atoms with E-state index in [0.29, 0.717) is 30.8 Å². The van der Waals surface area contributed by atoms with Gasteiger partial charge >= 0.3 is 12.1 Å². The van der Waals surface area contributed by atoms with Crippen LogP contribution >= 0.6 is 27.3 Å². The Kier molecular flexibility index (Phi) is 5.09. The molecule has 2 fully saturated rings. The molecule has 2 amide bonds. The van der Waals surface area contributed by atoms with Crippen LogP contribution < -0.4 is 0 Å². The van der Waals surface area contributed by atoms with Gasteiger partial charge in [-0.3, -0.25) is 9.69 Å². The van der Waals surface area contributed by atoms with Crippen LogP contribution in [0.25, 0.3) is 0 Å². The van der Waals surface area contributed by atoms with Gasteiger partial charge in [0.15, 0.2) is 6.04 Å². The maximum Gasteiger partial charge on any atom is 0.410 e. The number of carbonyl (C=O) groups is 3. The summed E-state index contributed by atoms with van der Waals surface area (Å²) in [6.45, 7) is 1.09. The number of rotatable bonds is 3. The third-order valence-corrected chi connectivity index (χ3v) is 6.17. The number of esters is 1. The number of piperidine rings is 1. The van der Waals surface area contributed by atoms with Crippen molar-refractivity contribution < 1.29 is 23.9 Å². The highest BCUT2D eigenvalue weighted by atomic mass is 79.9. The van der Waals surface area contributed by atoms with Crippen molar-refractivity contribution in [1.82, 2.24) is 9.80 Å². The quantitative estimate of drug-likeness (QED) is 0.705. The lowest BCUT2D eigenvalue weighted by molar-refractivity contribution is -0.145. The molecule has 0 aliphatic carbocycles. The third-order valence-electron chi connectivity index (χ3n) is 4.34. The number of carbonyl (C=O) groups excluding carboxylic acids is 3. The number of cyclic esters (lactones) is 1. The molecule has 7 nitrogen and oxygen atoms in total. The Labute approximate surface area is 151 Å². The topological polar surface area (TPSA) is 76.2 Å². The van der Waals surface area contributed by atoms with Gasteiger partial charge in [-0.2, -0.15) is 0 Å². The molecule has 0 unspecified atom stereocenters. The lowest BCUT2D eigenvalue weighted by Gasteiger charge is -2.37. The molecule has 130 valence electrons. The van der Waals surface area contributed by atoms with Gasteiger partial charge in [-0.25, -0.2) is 9.59 Å². The maximum atomic E-state index is 12.5. The van der Waals surface area contributed by atoms with Crippen molar-refractivity contribution in [2.45, 2.75) is 24.9 Å². The number of thiophene rings is 1. The maximum absolute atomic E-state index is 12.5. The number of ether oxygens (including phenoxy) is 2. The second-order valence-electron chi connectivity index (χ2n) is 5.64. The van der Waals surface area contributed by atoms with Gasteiger partial charge in [0.1, 0.15) is 11.5 Å². The predicted molar refractivity (Wildman–Crippen MR) is 89.9 cm³/mol. The summed E-state index contributed by atoms with van der Waals surface area (Å²) in [5.41, 5.74) is 0. The summed E-state index contributed by atoms with van der Waals surface area (Å²) in [6, 6.07) is 1.03. The molecule has 2 saturated heterocycles. The van der Waals surface area contributed by atoms with Gasteiger partial charge in [0.2, 0.25) is 0 Å². The summed E-state index contributed by atoms with van der Waals surface area (Å²) in [6.07, 6.45) is 0.727. The molecule has 1 atom stereocenters. The van der Waals surface area contributed by atoms with Crippen molar-refractivity contribution in [3.63, 3.8) is 0 Å². The van der Waals surface area contributed by atoms with Crippen LogP contribution in [0, 0.1) is 0 Å². The molecule has 0 bridgehead atoms. The Balaban J connectivity index is 1.64. The van der Waals surface area contributed by atoms with E-state index in [-0.39, 0.29) is 18.6 Å². The average molecular weight is 417 g/mol. The number of nitrogens with zero attached hydrogens (tertiary/aromatic N) is 2. The molecule has 2 aliphatic heterocycles. The van der Waals surface area contributed by atoms with Gasteiger partial charge in [0.05, 0.1) is 7.11 Å². The molecule has 0 N–H and O–H groups in total. The van der Waals surface area contributed by atoms with E-state index in [9.17, 15) is 14.4 Å². The standard InChI is InChI=1S/C15H17BrN2O5S/c1-22-14(20)11-8-23-15(21)18(11)9-2-5-17(6-3-9)13(19)12-10(16)4-7-24-12/h4,7,9,11H,2-3,5-6,8H2,1H3/t11-/m0/s1. The van der Waals surface area contributed by atoms with E-state index in [0.717, 1.165) is 4.47 Å². The zero-order valence-electron chi connectivity index (χ0n) is 13.1. The van der Waals surface area contributed by atoms with Gasteiger partial charge < -0.3 is 14.4 Å². The molecule has 0 aromatic carbocycles. The van der Waals surface area contributed by atoms with Gasteiger partial charge in [-0.1, -0.05) is 0 Å². The van der Waals surface area contributed by atoms with Crippen molar-refractivity contribution in [3.05, 3.63) is 20.8 Å². The lowest BCUT2D eigenvalue weighted by atomic mass is 10.0. The molecule has 3 rings (SSSR count). The number of hydrogen-bond donors (Lipinski definition) is 0. The van der Waals surface area contributed by atoms with Crippen LogP contribution in [-0.2, 0) is 14.3 Å².